The number of benzene rings is 1. The Morgan fingerprint density at radius 1 is 1.35 bits per heavy atom. The summed E-state index contributed by atoms with van der Waals surface area (Å²) in [6.07, 6.45) is -0.174. The number of carbonyl (C=O) groups is 2. The van der Waals surface area contributed by atoms with E-state index in [-0.39, 0.29) is 25.5 Å². The predicted octanol–water partition coefficient (Wildman–Crippen LogP) is 1.23. The molecule has 1 unspecified atom stereocenters. The van der Waals surface area contributed by atoms with Gasteiger partial charge in [0.1, 0.15) is 6.61 Å². The summed E-state index contributed by atoms with van der Waals surface area (Å²) in [5.41, 5.74) is -1.39. The van der Waals surface area contributed by atoms with Gasteiger partial charge >= 0.3 is 5.97 Å². The normalized spacial score (nSPS) is 21.9. The fourth-order valence-electron chi connectivity index (χ4n) is 2.08. The van der Waals surface area contributed by atoms with Gasteiger partial charge in [-0.05, 0) is 5.56 Å². The number of rotatable bonds is 5. The second kappa shape index (κ2) is 6.00. The van der Waals surface area contributed by atoms with E-state index in [4.69, 9.17) is 9.84 Å². The summed E-state index contributed by atoms with van der Waals surface area (Å²) in [4.78, 5) is 23.7. The Morgan fingerprint density at radius 3 is 2.65 bits per heavy atom. The van der Waals surface area contributed by atoms with E-state index in [0.29, 0.717) is 6.61 Å². The molecular weight excluding hydrogens is 265 g/mol. The van der Waals surface area contributed by atoms with E-state index in [1.807, 2.05) is 30.3 Å². The van der Waals surface area contributed by atoms with E-state index >= 15 is 0 Å². The van der Waals surface area contributed by atoms with Gasteiger partial charge in [-0.3, -0.25) is 4.79 Å². The van der Waals surface area contributed by atoms with Gasteiger partial charge in [-0.15, -0.1) is 0 Å². The standard InChI is InChI=1S/C14H16FNO4/c15-14(13(18)19)6-7-16(10-14)12(17)9-20-8-11-4-2-1-3-5-11/h1-5H,6-10H2,(H,18,19). The average Bonchev–Trinajstić information content (AvgIpc) is 2.84. The van der Waals surface area contributed by atoms with Crippen LogP contribution in [0.3, 0.4) is 0 Å². The molecule has 1 heterocycles. The zero-order valence-corrected chi connectivity index (χ0v) is 10.9. The molecule has 5 nitrogen and oxygen atoms in total. The SMILES string of the molecule is O=C(COCc1ccccc1)N1CCC(F)(C(=O)O)C1. The highest BCUT2D eigenvalue weighted by molar-refractivity contribution is 5.82. The first-order chi connectivity index (χ1) is 9.51. The maximum Gasteiger partial charge on any atom is 0.343 e. The molecule has 0 aromatic heterocycles. The van der Waals surface area contributed by atoms with Crippen LogP contribution in [-0.4, -0.2) is 47.2 Å². The van der Waals surface area contributed by atoms with Crippen molar-refractivity contribution >= 4 is 11.9 Å². The molecule has 20 heavy (non-hydrogen) atoms. The Morgan fingerprint density at radius 2 is 2.05 bits per heavy atom. The molecule has 0 aliphatic carbocycles. The number of carboxylic acids is 1. The third-order valence-corrected chi connectivity index (χ3v) is 3.29. The summed E-state index contributed by atoms with van der Waals surface area (Å²) in [6, 6.07) is 9.36. The molecule has 1 amide bonds. The Bertz CT molecular complexity index is 493. The molecule has 1 atom stereocenters. The molecule has 1 aromatic rings. The van der Waals surface area contributed by atoms with E-state index in [0.717, 1.165) is 5.56 Å². The third kappa shape index (κ3) is 3.33. The van der Waals surface area contributed by atoms with Gasteiger partial charge in [0.05, 0.1) is 13.2 Å². The minimum absolute atomic E-state index is 0.107. The highest BCUT2D eigenvalue weighted by Crippen LogP contribution is 2.25. The molecule has 1 N–H and O–H groups in total. The second-order valence-corrected chi connectivity index (χ2v) is 4.81. The molecule has 0 saturated carbocycles. The lowest BCUT2D eigenvalue weighted by Gasteiger charge is -2.17. The maximum absolute atomic E-state index is 13.8. The van der Waals surface area contributed by atoms with Crippen molar-refractivity contribution in [3.8, 4) is 0 Å². The van der Waals surface area contributed by atoms with E-state index in [2.05, 4.69) is 0 Å². The zero-order valence-electron chi connectivity index (χ0n) is 10.9. The van der Waals surface area contributed by atoms with Crippen LogP contribution in [0.4, 0.5) is 4.39 Å². The number of alkyl halides is 1. The number of hydrogen-bond donors (Lipinski definition) is 1. The van der Waals surface area contributed by atoms with Crippen molar-refractivity contribution in [3.05, 3.63) is 35.9 Å². The topological polar surface area (TPSA) is 66.8 Å². The molecule has 2 rings (SSSR count). The number of likely N-dealkylation sites (tertiary alicyclic amines) is 1. The Hall–Kier alpha value is -1.95. The van der Waals surface area contributed by atoms with Crippen LogP contribution in [0.25, 0.3) is 0 Å². The van der Waals surface area contributed by atoms with Crippen LogP contribution in [-0.2, 0) is 20.9 Å². The average molecular weight is 281 g/mol. The largest absolute Gasteiger partial charge is 0.479 e. The number of hydrogen-bond acceptors (Lipinski definition) is 3. The van der Waals surface area contributed by atoms with Crippen molar-refractivity contribution in [1.29, 1.82) is 0 Å². The molecule has 1 saturated heterocycles. The molecule has 6 heteroatoms. The van der Waals surface area contributed by atoms with Crippen molar-refractivity contribution < 1.29 is 23.8 Å². The Balaban J connectivity index is 1.78. The lowest BCUT2D eigenvalue weighted by Crippen LogP contribution is -2.40. The van der Waals surface area contributed by atoms with Crippen molar-refractivity contribution in [2.45, 2.75) is 18.7 Å². The number of carbonyl (C=O) groups excluding carboxylic acids is 1. The van der Waals surface area contributed by atoms with Gasteiger partial charge in [-0.2, -0.15) is 0 Å². The molecule has 1 aliphatic heterocycles. The Labute approximate surface area is 116 Å². The first-order valence-electron chi connectivity index (χ1n) is 6.33. The number of ether oxygens (including phenoxy) is 1. The predicted molar refractivity (Wildman–Crippen MR) is 68.8 cm³/mol. The van der Waals surface area contributed by atoms with Gasteiger partial charge in [-0.25, -0.2) is 9.18 Å². The number of amides is 1. The van der Waals surface area contributed by atoms with Crippen molar-refractivity contribution in [3.63, 3.8) is 0 Å². The highest BCUT2D eigenvalue weighted by atomic mass is 19.1. The minimum Gasteiger partial charge on any atom is -0.479 e. The second-order valence-electron chi connectivity index (χ2n) is 4.81. The fourth-order valence-corrected chi connectivity index (χ4v) is 2.08. The minimum atomic E-state index is -2.32. The first kappa shape index (κ1) is 14.5. The number of halogens is 1. The lowest BCUT2D eigenvalue weighted by atomic mass is 10.1. The molecule has 108 valence electrons. The van der Waals surface area contributed by atoms with Gasteiger partial charge < -0.3 is 14.7 Å². The molecule has 0 bridgehead atoms. The molecule has 1 aliphatic rings. The van der Waals surface area contributed by atoms with Crippen molar-refractivity contribution in [2.75, 3.05) is 19.7 Å². The van der Waals surface area contributed by atoms with Crippen LogP contribution in [0, 0.1) is 0 Å². The monoisotopic (exact) mass is 281 g/mol. The van der Waals surface area contributed by atoms with Gasteiger partial charge in [-0.1, -0.05) is 30.3 Å². The summed E-state index contributed by atoms with van der Waals surface area (Å²) >= 11 is 0. The highest BCUT2D eigenvalue weighted by Gasteiger charge is 2.46. The molecular formula is C14H16FNO4. The summed E-state index contributed by atoms with van der Waals surface area (Å²) < 4.78 is 19.1. The summed E-state index contributed by atoms with van der Waals surface area (Å²) in [5.74, 6) is -1.90. The smallest absolute Gasteiger partial charge is 0.343 e. The molecule has 1 fully saturated rings. The molecule has 0 radical (unpaired) electrons. The van der Waals surface area contributed by atoms with Crippen LogP contribution in [0.1, 0.15) is 12.0 Å². The van der Waals surface area contributed by atoms with Crippen LogP contribution >= 0.6 is 0 Å². The number of aliphatic carboxylic acids is 1. The summed E-state index contributed by atoms with van der Waals surface area (Å²) in [7, 11) is 0. The first-order valence-corrected chi connectivity index (χ1v) is 6.33. The zero-order chi connectivity index (χ0) is 14.6. The Kier molecular flexibility index (Phi) is 4.34. The number of nitrogens with zero attached hydrogens (tertiary/aromatic N) is 1. The van der Waals surface area contributed by atoms with E-state index < -0.39 is 18.2 Å². The maximum atomic E-state index is 13.8. The van der Waals surface area contributed by atoms with E-state index in [9.17, 15) is 14.0 Å². The van der Waals surface area contributed by atoms with Crippen LogP contribution in [0.5, 0.6) is 0 Å². The van der Waals surface area contributed by atoms with Gasteiger partial charge in [0.2, 0.25) is 11.6 Å². The van der Waals surface area contributed by atoms with Gasteiger partial charge in [0.25, 0.3) is 0 Å². The van der Waals surface area contributed by atoms with Crippen LogP contribution in [0.2, 0.25) is 0 Å². The molecule has 1 aromatic carbocycles. The van der Waals surface area contributed by atoms with Crippen LogP contribution in [0.15, 0.2) is 30.3 Å². The van der Waals surface area contributed by atoms with Crippen LogP contribution < -0.4 is 0 Å². The fraction of sp³-hybridized carbons (Fsp3) is 0.429. The van der Waals surface area contributed by atoms with Gasteiger partial charge in [0, 0.05) is 13.0 Å². The van der Waals surface area contributed by atoms with E-state index in [1.165, 1.54) is 4.90 Å². The quantitative estimate of drug-likeness (QED) is 0.881. The van der Waals surface area contributed by atoms with Crippen molar-refractivity contribution in [1.82, 2.24) is 4.90 Å². The summed E-state index contributed by atoms with van der Waals surface area (Å²) in [5, 5.41) is 8.75. The number of carboxylic acid groups (broad SMARTS) is 1. The lowest BCUT2D eigenvalue weighted by molar-refractivity contribution is -0.150. The summed E-state index contributed by atoms with van der Waals surface area (Å²) in [6.45, 7) is -0.184. The van der Waals surface area contributed by atoms with Crippen molar-refractivity contribution in [2.24, 2.45) is 0 Å². The third-order valence-electron chi connectivity index (χ3n) is 3.29. The molecule has 0 spiro atoms. The van der Waals surface area contributed by atoms with E-state index in [1.54, 1.807) is 0 Å². The van der Waals surface area contributed by atoms with Gasteiger partial charge in [0.15, 0.2) is 0 Å².